The van der Waals surface area contributed by atoms with Gasteiger partial charge in [0.1, 0.15) is 5.75 Å². The number of hydrogen-bond acceptors (Lipinski definition) is 2. The molecule has 0 saturated heterocycles. The molecule has 0 aliphatic carbocycles. The zero-order valence-corrected chi connectivity index (χ0v) is 14.1. The molecule has 2 nitrogen and oxygen atoms in total. The van der Waals surface area contributed by atoms with Crippen LogP contribution in [0.25, 0.3) is 22.3 Å². The minimum Gasteiger partial charge on any atom is -0.423 e. The molecular weight excluding hydrogens is 334 g/mol. The molecule has 0 spiro atoms. The van der Waals surface area contributed by atoms with Crippen molar-refractivity contribution in [1.82, 2.24) is 0 Å². The number of benzene rings is 3. The lowest BCUT2D eigenvalue weighted by molar-refractivity contribution is -0.128. The number of rotatable bonds is 4. The Kier molecular flexibility index (Phi) is 4.94. The molecule has 0 aromatic heterocycles. The van der Waals surface area contributed by atoms with Crippen LogP contribution in [0.1, 0.15) is 5.56 Å². The van der Waals surface area contributed by atoms with E-state index in [0.717, 1.165) is 11.6 Å². The van der Waals surface area contributed by atoms with Crippen molar-refractivity contribution in [3.8, 4) is 28.0 Å². The number of hydrogen-bond donors (Lipinski definition) is 0. The quantitative estimate of drug-likeness (QED) is 0.343. The van der Waals surface area contributed by atoms with E-state index in [9.17, 15) is 13.6 Å². The van der Waals surface area contributed by atoms with Gasteiger partial charge in [-0.2, -0.15) is 0 Å². The molecule has 3 aromatic carbocycles. The van der Waals surface area contributed by atoms with Gasteiger partial charge in [-0.1, -0.05) is 60.7 Å². The van der Waals surface area contributed by atoms with Crippen LogP contribution >= 0.6 is 0 Å². The molecule has 4 heteroatoms. The Labute approximate surface area is 150 Å². The molecule has 3 rings (SSSR count). The summed E-state index contributed by atoms with van der Waals surface area (Å²) >= 11 is 0. The molecule has 0 aliphatic heterocycles. The zero-order chi connectivity index (χ0) is 18.7. The molecule has 0 aliphatic rings. The third-order valence-electron chi connectivity index (χ3n) is 4.00. The number of halogens is 2. The summed E-state index contributed by atoms with van der Waals surface area (Å²) in [7, 11) is 0. The normalized spacial score (nSPS) is 10.4. The second kappa shape index (κ2) is 7.31. The van der Waals surface area contributed by atoms with Crippen molar-refractivity contribution in [3.05, 3.63) is 90.5 Å². The van der Waals surface area contributed by atoms with Gasteiger partial charge in [0, 0.05) is 17.2 Å². The number of carbonyl (C=O) groups is 1. The highest BCUT2D eigenvalue weighted by molar-refractivity contribution is 5.83. The van der Waals surface area contributed by atoms with E-state index in [4.69, 9.17) is 4.74 Å². The van der Waals surface area contributed by atoms with Gasteiger partial charge in [-0.3, -0.25) is 0 Å². The smallest absolute Gasteiger partial charge is 0.335 e. The molecule has 0 radical (unpaired) electrons. The molecule has 0 N–H and O–H groups in total. The van der Waals surface area contributed by atoms with Gasteiger partial charge in [-0.25, -0.2) is 13.6 Å². The SMILES string of the molecule is C=CC(=O)Oc1ccc(-c2ccc(-c3ccc(C)cc3)c(F)c2F)cc1. The summed E-state index contributed by atoms with van der Waals surface area (Å²) in [5.74, 6) is -2.10. The van der Waals surface area contributed by atoms with Crippen molar-refractivity contribution in [3.63, 3.8) is 0 Å². The maximum absolute atomic E-state index is 14.6. The topological polar surface area (TPSA) is 26.3 Å². The zero-order valence-electron chi connectivity index (χ0n) is 14.1. The van der Waals surface area contributed by atoms with E-state index in [1.807, 2.05) is 19.1 Å². The molecule has 130 valence electrons. The third kappa shape index (κ3) is 3.54. The molecule has 0 heterocycles. The van der Waals surface area contributed by atoms with Gasteiger partial charge < -0.3 is 4.74 Å². The Morgan fingerprint density at radius 1 is 0.846 bits per heavy atom. The first-order chi connectivity index (χ1) is 12.5. The van der Waals surface area contributed by atoms with Gasteiger partial charge in [0.25, 0.3) is 0 Å². The van der Waals surface area contributed by atoms with E-state index in [1.54, 1.807) is 36.4 Å². The van der Waals surface area contributed by atoms with E-state index < -0.39 is 17.6 Å². The summed E-state index contributed by atoms with van der Waals surface area (Å²) in [6.45, 7) is 5.25. The van der Waals surface area contributed by atoms with Crippen molar-refractivity contribution in [2.75, 3.05) is 0 Å². The molecule has 0 saturated carbocycles. The van der Waals surface area contributed by atoms with Crippen LogP contribution in [0.2, 0.25) is 0 Å². The highest BCUT2D eigenvalue weighted by atomic mass is 19.2. The molecule has 0 amide bonds. The summed E-state index contributed by atoms with van der Waals surface area (Å²) in [6.07, 6.45) is 1.05. The van der Waals surface area contributed by atoms with E-state index in [2.05, 4.69) is 6.58 Å². The first-order valence-electron chi connectivity index (χ1n) is 7.99. The van der Waals surface area contributed by atoms with E-state index in [1.165, 1.54) is 12.1 Å². The maximum atomic E-state index is 14.6. The van der Waals surface area contributed by atoms with Gasteiger partial charge in [0.2, 0.25) is 0 Å². The van der Waals surface area contributed by atoms with Crippen LogP contribution in [0.4, 0.5) is 8.78 Å². The summed E-state index contributed by atoms with van der Waals surface area (Å²) in [4.78, 5) is 11.2. The first kappa shape index (κ1) is 17.5. The Morgan fingerprint density at radius 3 is 1.77 bits per heavy atom. The Hall–Kier alpha value is -3.27. The Balaban J connectivity index is 1.94. The van der Waals surface area contributed by atoms with Crippen LogP contribution in [-0.4, -0.2) is 5.97 Å². The molecule has 3 aromatic rings. The van der Waals surface area contributed by atoms with Crippen molar-refractivity contribution in [2.24, 2.45) is 0 Å². The number of ether oxygens (including phenoxy) is 1. The molecule has 0 unspecified atom stereocenters. The van der Waals surface area contributed by atoms with Crippen LogP contribution in [-0.2, 0) is 4.79 Å². The van der Waals surface area contributed by atoms with Crippen LogP contribution in [0, 0.1) is 18.6 Å². The van der Waals surface area contributed by atoms with Gasteiger partial charge >= 0.3 is 5.97 Å². The van der Waals surface area contributed by atoms with Crippen LogP contribution < -0.4 is 4.74 Å². The van der Waals surface area contributed by atoms with Crippen molar-refractivity contribution in [1.29, 1.82) is 0 Å². The Bertz CT molecular complexity index is 959. The average molecular weight is 350 g/mol. The molecule has 0 fully saturated rings. The maximum Gasteiger partial charge on any atom is 0.335 e. The minimum atomic E-state index is -0.918. The molecule has 0 atom stereocenters. The van der Waals surface area contributed by atoms with Crippen molar-refractivity contribution < 1.29 is 18.3 Å². The lowest BCUT2D eigenvalue weighted by atomic mass is 9.98. The van der Waals surface area contributed by atoms with Gasteiger partial charge in [0.05, 0.1) is 0 Å². The van der Waals surface area contributed by atoms with Crippen molar-refractivity contribution in [2.45, 2.75) is 6.92 Å². The fraction of sp³-hybridized carbons (Fsp3) is 0.0455. The van der Waals surface area contributed by atoms with Gasteiger partial charge in [-0.15, -0.1) is 0 Å². The van der Waals surface area contributed by atoms with Crippen LogP contribution in [0.5, 0.6) is 5.75 Å². The predicted molar refractivity (Wildman–Crippen MR) is 97.8 cm³/mol. The predicted octanol–water partition coefficient (Wildman–Crippen LogP) is 5.70. The van der Waals surface area contributed by atoms with Crippen molar-refractivity contribution >= 4 is 5.97 Å². The molecular formula is C22H16F2O2. The Morgan fingerprint density at radius 2 is 1.31 bits per heavy atom. The second-order valence-electron chi connectivity index (χ2n) is 5.80. The van der Waals surface area contributed by atoms with Gasteiger partial charge in [-0.05, 0) is 30.2 Å². The summed E-state index contributed by atoms with van der Waals surface area (Å²) in [6, 6.07) is 16.5. The lowest BCUT2D eigenvalue weighted by Gasteiger charge is -2.10. The van der Waals surface area contributed by atoms with Crippen LogP contribution in [0.3, 0.4) is 0 Å². The fourth-order valence-electron chi connectivity index (χ4n) is 2.59. The minimum absolute atomic E-state index is 0.139. The fourth-order valence-corrected chi connectivity index (χ4v) is 2.59. The first-order valence-corrected chi connectivity index (χ1v) is 7.99. The van der Waals surface area contributed by atoms with E-state index in [0.29, 0.717) is 16.9 Å². The lowest BCUT2D eigenvalue weighted by Crippen LogP contribution is -2.02. The summed E-state index contributed by atoms with van der Waals surface area (Å²) in [5, 5.41) is 0. The second-order valence-corrected chi connectivity index (χ2v) is 5.80. The van der Waals surface area contributed by atoms with Crippen LogP contribution in [0.15, 0.2) is 73.3 Å². The van der Waals surface area contributed by atoms with Gasteiger partial charge in [0.15, 0.2) is 11.6 Å². The molecule has 26 heavy (non-hydrogen) atoms. The molecule has 0 bridgehead atoms. The summed E-state index contributed by atoms with van der Waals surface area (Å²) in [5.41, 5.74) is 2.49. The average Bonchev–Trinajstić information content (AvgIpc) is 2.65. The largest absolute Gasteiger partial charge is 0.423 e. The highest BCUT2D eigenvalue weighted by Gasteiger charge is 2.16. The number of aryl methyl sites for hydroxylation is 1. The third-order valence-corrected chi connectivity index (χ3v) is 4.00. The monoisotopic (exact) mass is 350 g/mol. The number of esters is 1. The highest BCUT2D eigenvalue weighted by Crippen LogP contribution is 2.32. The number of carbonyl (C=O) groups excluding carboxylic acids is 1. The standard InChI is InChI=1S/C22H16F2O2/c1-3-20(25)26-17-10-8-16(9-11-17)19-13-12-18(21(23)22(19)24)15-6-4-14(2)5-7-15/h3-13H,1H2,2H3. The van der Waals surface area contributed by atoms with E-state index in [-0.39, 0.29) is 11.1 Å². The van der Waals surface area contributed by atoms with E-state index >= 15 is 0 Å². The summed E-state index contributed by atoms with van der Waals surface area (Å²) < 4.78 is 34.2.